The minimum absolute atomic E-state index is 0.167. The van der Waals surface area contributed by atoms with Gasteiger partial charge in [-0.2, -0.15) is 0 Å². The van der Waals surface area contributed by atoms with Crippen LogP contribution in [0.5, 0.6) is 17.2 Å². The Morgan fingerprint density at radius 1 is 1.06 bits per heavy atom. The first kappa shape index (κ1) is 22.2. The Balaban J connectivity index is 1.37. The molecule has 2 aromatic carbocycles. The Morgan fingerprint density at radius 2 is 1.82 bits per heavy atom. The summed E-state index contributed by atoms with van der Waals surface area (Å²) in [6.07, 6.45) is 3.93. The van der Waals surface area contributed by atoms with Crippen LogP contribution in [0.4, 0.5) is 0 Å². The van der Waals surface area contributed by atoms with E-state index in [0.29, 0.717) is 29.4 Å². The van der Waals surface area contributed by atoms with Crippen molar-refractivity contribution in [2.24, 2.45) is 0 Å². The van der Waals surface area contributed by atoms with Gasteiger partial charge in [-0.3, -0.25) is 4.79 Å². The third-order valence-corrected chi connectivity index (χ3v) is 5.49. The molecule has 2 aromatic heterocycles. The van der Waals surface area contributed by atoms with Gasteiger partial charge in [-0.05, 0) is 67.4 Å². The van der Waals surface area contributed by atoms with Gasteiger partial charge in [0, 0.05) is 18.0 Å². The largest absolute Gasteiger partial charge is 0.493 e. The van der Waals surface area contributed by atoms with Crippen LogP contribution in [0.3, 0.4) is 0 Å². The molecule has 4 rings (SSSR count). The van der Waals surface area contributed by atoms with Gasteiger partial charge in [-0.15, -0.1) is 0 Å². The number of carbonyl (C=O) groups is 1. The maximum atomic E-state index is 12.7. The molecule has 170 valence electrons. The summed E-state index contributed by atoms with van der Waals surface area (Å²) < 4.78 is 18.5. The molecule has 1 unspecified atom stereocenters. The van der Waals surface area contributed by atoms with Crippen molar-refractivity contribution in [1.82, 2.24) is 14.7 Å². The summed E-state index contributed by atoms with van der Waals surface area (Å²) in [6, 6.07) is 16.5. The number of ether oxygens (including phenoxy) is 3. The quantitative estimate of drug-likeness (QED) is 0.424. The second kappa shape index (κ2) is 9.65. The smallest absolute Gasteiger partial charge is 0.251 e. The van der Waals surface area contributed by atoms with E-state index in [-0.39, 0.29) is 11.9 Å². The summed E-state index contributed by atoms with van der Waals surface area (Å²) in [6.45, 7) is 4.30. The van der Waals surface area contributed by atoms with E-state index in [1.54, 1.807) is 38.5 Å². The van der Waals surface area contributed by atoms with E-state index in [4.69, 9.17) is 14.2 Å². The SMILES string of the molecule is COc1ccc(C(C)NC(=O)c2ccc(OCc3cn4cccc(C)c4n3)cc2)cc1OC. The van der Waals surface area contributed by atoms with Gasteiger partial charge in [-0.25, -0.2) is 4.98 Å². The van der Waals surface area contributed by atoms with Crippen LogP contribution in [-0.4, -0.2) is 29.5 Å². The molecule has 1 atom stereocenters. The maximum absolute atomic E-state index is 12.7. The molecule has 0 aliphatic carbocycles. The zero-order valence-electron chi connectivity index (χ0n) is 19.2. The van der Waals surface area contributed by atoms with Crippen molar-refractivity contribution in [3.8, 4) is 17.2 Å². The molecular formula is C26H27N3O4. The van der Waals surface area contributed by atoms with Crippen molar-refractivity contribution in [1.29, 1.82) is 0 Å². The zero-order chi connectivity index (χ0) is 23.4. The lowest BCUT2D eigenvalue weighted by molar-refractivity contribution is 0.0939. The van der Waals surface area contributed by atoms with Crippen LogP contribution in [0.2, 0.25) is 0 Å². The molecule has 0 saturated heterocycles. The molecule has 0 saturated carbocycles. The number of carbonyl (C=O) groups excluding carboxylic acids is 1. The average molecular weight is 446 g/mol. The lowest BCUT2D eigenvalue weighted by Crippen LogP contribution is -2.26. The number of pyridine rings is 1. The summed E-state index contributed by atoms with van der Waals surface area (Å²) in [4.78, 5) is 17.3. The minimum atomic E-state index is -0.202. The lowest BCUT2D eigenvalue weighted by Gasteiger charge is -2.16. The Kier molecular flexibility index (Phi) is 6.49. The number of aryl methyl sites for hydroxylation is 1. The van der Waals surface area contributed by atoms with E-state index in [1.807, 2.05) is 61.0 Å². The molecule has 0 radical (unpaired) electrons. The van der Waals surface area contributed by atoms with E-state index < -0.39 is 0 Å². The van der Waals surface area contributed by atoms with Gasteiger partial charge in [-0.1, -0.05) is 12.1 Å². The van der Waals surface area contributed by atoms with E-state index in [0.717, 1.165) is 22.5 Å². The fraction of sp³-hybridized carbons (Fsp3) is 0.231. The number of nitrogens with one attached hydrogen (secondary N) is 1. The topological polar surface area (TPSA) is 74.1 Å². The highest BCUT2D eigenvalue weighted by molar-refractivity contribution is 5.94. The monoisotopic (exact) mass is 445 g/mol. The Morgan fingerprint density at radius 3 is 2.52 bits per heavy atom. The molecule has 0 aliphatic heterocycles. The Bertz CT molecular complexity index is 1260. The average Bonchev–Trinajstić information content (AvgIpc) is 3.27. The number of amides is 1. The molecule has 0 fully saturated rings. The molecule has 4 aromatic rings. The maximum Gasteiger partial charge on any atom is 0.251 e. The molecule has 1 N–H and O–H groups in total. The standard InChI is InChI=1S/C26H27N3O4/c1-17-6-5-13-29-15-21(28-25(17)29)16-33-22-10-7-19(8-11-22)26(30)27-18(2)20-9-12-23(31-3)24(14-20)32-4/h5-15,18H,16H2,1-4H3,(H,27,30). The minimum Gasteiger partial charge on any atom is -0.493 e. The van der Waals surface area contributed by atoms with Gasteiger partial charge in [0.2, 0.25) is 0 Å². The van der Waals surface area contributed by atoms with Crippen LogP contribution in [0.1, 0.15) is 40.1 Å². The van der Waals surface area contributed by atoms with Crippen LogP contribution in [-0.2, 0) is 6.61 Å². The van der Waals surface area contributed by atoms with Gasteiger partial charge in [0.25, 0.3) is 5.91 Å². The Labute approximate surface area is 192 Å². The molecule has 2 heterocycles. The van der Waals surface area contributed by atoms with Crippen LogP contribution >= 0.6 is 0 Å². The normalized spacial score (nSPS) is 11.8. The predicted octanol–water partition coefficient (Wildman–Crippen LogP) is 4.73. The third kappa shape index (κ3) is 4.92. The number of fused-ring (bicyclic) bond motifs is 1. The van der Waals surface area contributed by atoms with Crippen LogP contribution in [0, 0.1) is 6.92 Å². The molecule has 0 bridgehead atoms. The summed E-state index contributed by atoms with van der Waals surface area (Å²) in [5.41, 5.74) is 4.35. The number of hydrogen-bond donors (Lipinski definition) is 1. The predicted molar refractivity (Wildman–Crippen MR) is 126 cm³/mol. The molecule has 0 aliphatic rings. The molecule has 0 spiro atoms. The van der Waals surface area contributed by atoms with Crippen molar-refractivity contribution in [2.45, 2.75) is 26.5 Å². The number of hydrogen-bond acceptors (Lipinski definition) is 5. The van der Waals surface area contributed by atoms with E-state index >= 15 is 0 Å². The third-order valence-electron chi connectivity index (χ3n) is 5.49. The molecular weight excluding hydrogens is 418 g/mol. The summed E-state index contributed by atoms with van der Waals surface area (Å²) in [7, 11) is 3.18. The fourth-order valence-electron chi connectivity index (χ4n) is 3.62. The molecule has 7 heteroatoms. The van der Waals surface area contributed by atoms with E-state index in [1.165, 1.54) is 0 Å². The number of aromatic nitrogens is 2. The van der Waals surface area contributed by atoms with Crippen molar-refractivity contribution in [3.63, 3.8) is 0 Å². The van der Waals surface area contributed by atoms with Gasteiger partial charge in [0.05, 0.1) is 26.0 Å². The summed E-state index contributed by atoms with van der Waals surface area (Å²) in [5, 5.41) is 3.01. The molecule has 7 nitrogen and oxygen atoms in total. The number of rotatable bonds is 8. The first-order valence-corrected chi connectivity index (χ1v) is 10.7. The highest BCUT2D eigenvalue weighted by Crippen LogP contribution is 2.30. The van der Waals surface area contributed by atoms with Gasteiger partial charge < -0.3 is 23.9 Å². The lowest BCUT2D eigenvalue weighted by atomic mass is 10.1. The van der Waals surface area contributed by atoms with Crippen molar-refractivity contribution >= 4 is 11.6 Å². The molecule has 33 heavy (non-hydrogen) atoms. The summed E-state index contributed by atoms with van der Waals surface area (Å²) >= 11 is 0. The van der Waals surface area contributed by atoms with Crippen LogP contribution in [0.25, 0.3) is 5.65 Å². The van der Waals surface area contributed by atoms with E-state index in [2.05, 4.69) is 10.3 Å². The first-order chi connectivity index (χ1) is 16.0. The second-order valence-electron chi connectivity index (χ2n) is 7.78. The van der Waals surface area contributed by atoms with Crippen LogP contribution < -0.4 is 19.5 Å². The fourth-order valence-corrected chi connectivity index (χ4v) is 3.62. The van der Waals surface area contributed by atoms with Gasteiger partial charge >= 0.3 is 0 Å². The zero-order valence-corrected chi connectivity index (χ0v) is 19.2. The van der Waals surface area contributed by atoms with Gasteiger partial charge in [0.15, 0.2) is 11.5 Å². The first-order valence-electron chi connectivity index (χ1n) is 10.7. The van der Waals surface area contributed by atoms with Crippen molar-refractivity contribution < 1.29 is 19.0 Å². The number of imidazole rings is 1. The van der Waals surface area contributed by atoms with E-state index in [9.17, 15) is 4.79 Å². The van der Waals surface area contributed by atoms with Crippen molar-refractivity contribution in [2.75, 3.05) is 14.2 Å². The number of methoxy groups -OCH3 is 2. The highest BCUT2D eigenvalue weighted by Gasteiger charge is 2.14. The summed E-state index contributed by atoms with van der Waals surface area (Å²) in [5.74, 6) is 1.78. The highest BCUT2D eigenvalue weighted by atomic mass is 16.5. The molecule has 1 amide bonds. The second-order valence-corrected chi connectivity index (χ2v) is 7.78. The van der Waals surface area contributed by atoms with Crippen molar-refractivity contribution in [3.05, 3.63) is 89.4 Å². The van der Waals surface area contributed by atoms with Crippen LogP contribution in [0.15, 0.2) is 67.0 Å². The number of nitrogens with zero attached hydrogens (tertiary/aromatic N) is 2. The number of benzene rings is 2. The Hall–Kier alpha value is -4.00. The van der Waals surface area contributed by atoms with Gasteiger partial charge in [0.1, 0.15) is 18.0 Å².